The number of unbranched alkanes of at least 4 members (excludes halogenated alkanes) is 1. The highest BCUT2D eigenvalue weighted by Crippen LogP contribution is 1.92. The van der Waals surface area contributed by atoms with Gasteiger partial charge in [0.25, 0.3) is 0 Å². The molecule has 72 valence electrons. The van der Waals surface area contributed by atoms with E-state index in [1.165, 1.54) is 7.05 Å². The zero-order valence-corrected chi connectivity index (χ0v) is 8.07. The molecule has 0 aliphatic heterocycles. The van der Waals surface area contributed by atoms with Crippen LogP contribution in [0.15, 0.2) is 0 Å². The second-order valence-electron chi connectivity index (χ2n) is 2.35. The van der Waals surface area contributed by atoms with E-state index in [0.29, 0.717) is 6.42 Å². The number of sulfonamides is 1. The molecule has 0 spiro atoms. The van der Waals surface area contributed by atoms with Crippen LogP contribution in [0.1, 0.15) is 19.8 Å². The molecular formula is C6H14N2O3S. The highest BCUT2D eigenvalue weighted by Gasteiger charge is 2.11. The van der Waals surface area contributed by atoms with E-state index in [1.54, 1.807) is 0 Å². The van der Waals surface area contributed by atoms with Crippen LogP contribution in [0.2, 0.25) is 0 Å². The predicted octanol–water partition coefficient (Wildman–Crippen LogP) is 0.0453. The van der Waals surface area contributed by atoms with Crippen molar-refractivity contribution in [1.29, 1.82) is 0 Å². The molecule has 6 heteroatoms. The molecule has 0 unspecified atom stereocenters. The Labute approximate surface area is 72.6 Å². The normalized spacial score (nSPS) is 10.8. The van der Waals surface area contributed by atoms with E-state index in [-0.39, 0.29) is 5.75 Å². The first kappa shape index (κ1) is 11.2. The zero-order chi connectivity index (χ0) is 9.61. The third kappa shape index (κ3) is 4.95. The van der Waals surface area contributed by atoms with Crippen molar-refractivity contribution in [3.05, 3.63) is 0 Å². The maximum Gasteiger partial charge on any atom is 0.328 e. The van der Waals surface area contributed by atoms with Crippen molar-refractivity contribution >= 4 is 16.1 Å². The largest absolute Gasteiger partial charge is 0.340 e. The van der Waals surface area contributed by atoms with E-state index in [2.05, 4.69) is 5.32 Å². The lowest BCUT2D eigenvalue weighted by Gasteiger charge is -2.04. The first-order chi connectivity index (χ1) is 5.52. The fourth-order valence-corrected chi connectivity index (χ4v) is 1.73. The molecule has 0 aromatic rings. The molecule has 2 N–H and O–H groups in total. The molecule has 0 heterocycles. The molecule has 0 bridgehead atoms. The Hall–Kier alpha value is -0.780. The van der Waals surface area contributed by atoms with E-state index in [4.69, 9.17) is 0 Å². The maximum absolute atomic E-state index is 11.0. The Balaban J connectivity index is 3.96. The molecule has 0 atom stereocenters. The molecule has 0 aromatic carbocycles. The minimum Gasteiger partial charge on any atom is -0.340 e. The van der Waals surface area contributed by atoms with Gasteiger partial charge >= 0.3 is 6.03 Å². The second-order valence-corrected chi connectivity index (χ2v) is 4.20. The van der Waals surface area contributed by atoms with Gasteiger partial charge in [0.05, 0.1) is 5.75 Å². The molecule has 0 saturated heterocycles. The van der Waals surface area contributed by atoms with Crippen LogP contribution < -0.4 is 10.0 Å². The van der Waals surface area contributed by atoms with Crippen LogP contribution in [-0.4, -0.2) is 27.2 Å². The lowest BCUT2D eigenvalue weighted by Crippen LogP contribution is -2.38. The molecular weight excluding hydrogens is 180 g/mol. The van der Waals surface area contributed by atoms with Gasteiger partial charge < -0.3 is 5.32 Å². The predicted molar refractivity (Wildman–Crippen MR) is 46.3 cm³/mol. The molecule has 12 heavy (non-hydrogen) atoms. The van der Waals surface area contributed by atoms with Gasteiger partial charge in [0.1, 0.15) is 0 Å². The van der Waals surface area contributed by atoms with Gasteiger partial charge in [-0.1, -0.05) is 13.3 Å². The molecule has 2 amide bonds. The molecule has 0 radical (unpaired) electrons. The van der Waals surface area contributed by atoms with Crippen molar-refractivity contribution in [2.24, 2.45) is 0 Å². The highest BCUT2D eigenvalue weighted by molar-refractivity contribution is 7.90. The van der Waals surface area contributed by atoms with Gasteiger partial charge in [0.15, 0.2) is 0 Å². The van der Waals surface area contributed by atoms with Crippen LogP contribution in [0.3, 0.4) is 0 Å². The van der Waals surface area contributed by atoms with Crippen LogP contribution >= 0.6 is 0 Å². The third-order valence-corrected chi connectivity index (χ3v) is 2.56. The maximum atomic E-state index is 11.0. The molecule has 0 saturated carbocycles. The van der Waals surface area contributed by atoms with Crippen LogP contribution in [0.25, 0.3) is 0 Å². The smallest absolute Gasteiger partial charge is 0.328 e. The summed E-state index contributed by atoms with van der Waals surface area (Å²) in [5.74, 6) is -0.00306. The molecule has 5 nitrogen and oxygen atoms in total. The SMILES string of the molecule is CCCCS(=O)(=O)NC(=O)NC. The van der Waals surface area contributed by atoms with Crippen molar-refractivity contribution in [3.8, 4) is 0 Å². The summed E-state index contributed by atoms with van der Waals surface area (Å²) in [5.41, 5.74) is 0. The lowest BCUT2D eigenvalue weighted by molar-refractivity contribution is 0.248. The first-order valence-corrected chi connectivity index (χ1v) is 5.39. The summed E-state index contributed by atoms with van der Waals surface area (Å²) in [7, 11) is -2.05. The summed E-state index contributed by atoms with van der Waals surface area (Å²) in [6.45, 7) is 1.88. The fourth-order valence-electron chi connectivity index (χ4n) is 0.578. The van der Waals surface area contributed by atoms with Gasteiger partial charge in [-0.05, 0) is 6.42 Å². The Morgan fingerprint density at radius 1 is 1.42 bits per heavy atom. The Morgan fingerprint density at radius 3 is 2.42 bits per heavy atom. The summed E-state index contributed by atoms with van der Waals surface area (Å²) >= 11 is 0. The summed E-state index contributed by atoms with van der Waals surface area (Å²) in [6.07, 6.45) is 1.35. The van der Waals surface area contributed by atoms with Crippen LogP contribution in [0.4, 0.5) is 4.79 Å². The monoisotopic (exact) mass is 194 g/mol. The van der Waals surface area contributed by atoms with Gasteiger partial charge in [-0.3, -0.25) is 0 Å². The van der Waals surface area contributed by atoms with Crippen molar-refractivity contribution < 1.29 is 13.2 Å². The highest BCUT2D eigenvalue weighted by atomic mass is 32.2. The Bertz CT molecular complexity index is 235. The summed E-state index contributed by atoms with van der Waals surface area (Å²) in [4.78, 5) is 10.6. The zero-order valence-electron chi connectivity index (χ0n) is 7.25. The van der Waals surface area contributed by atoms with E-state index in [0.717, 1.165) is 6.42 Å². The van der Waals surface area contributed by atoms with Gasteiger partial charge in [-0.2, -0.15) is 0 Å². The molecule has 0 aliphatic rings. The fraction of sp³-hybridized carbons (Fsp3) is 0.833. The summed E-state index contributed by atoms with van der Waals surface area (Å²) in [5, 5.41) is 2.17. The van der Waals surface area contributed by atoms with E-state index < -0.39 is 16.1 Å². The number of carbonyl (C=O) groups is 1. The number of amides is 2. The molecule has 0 fully saturated rings. The molecule has 0 rings (SSSR count). The van der Waals surface area contributed by atoms with Gasteiger partial charge in [-0.25, -0.2) is 17.9 Å². The van der Waals surface area contributed by atoms with Gasteiger partial charge in [0, 0.05) is 7.05 Å². The van der Waals surface area contributed by atoms with Crippen LogP contribution in [0.5, 0.6) is 0 Å². The molecule has 0 aromatic heterocycles. The van der Waals surface area contributed by atoms with Crippen molar-refractivity contribution in [3.63, 3.8) is 0 Å². The van der Waals surface area contributed by atoms with Gasteiger partial charge in [-0.15, -0.1) is 0 Å². The van der Waals surface area contributed by atoms with Crippen molar-refractivity contribution in [1.82, 2.24) is 10.0 Å². The number of nitrogens with one attached hydrogen (secondary N) is 2. The average Bonchev–Trinajstić information content (AvgIpc) is 2.00. The first-order valence-electron chi connectivity index (χ1n) is 3.74. The number of rotatable bonds is 4. The van der Waals surface area contributed by atoms with Crippen molar-refractivity contribution in [2.45, 2.75) is 19.8 Å². The quantitative estimate of drug-likeness (QED) is 0.663. The number of hydrogen-bond donors (Lipinski definition) is 2. The molecule has 0 aliphatic carbocycles. The second kappa shape index (κ2) is 4.97. The topological polar surface area (TPSA) is 75.3 Å². The summed E-state index contributed by atoms with van der Waals surface area (Å²) < 4.78 is 23.8. The minimum absolute atomic E-state index is 0.00306. The van der Waals surface area contributed by atoms with E-state index in [9.17, 15) is 13.2 Å². The van der Waals surface area contributed by atoms with Gasteiger partial charge in [0.2, 0.25) is 10.0 Å². The van der Waals surface area contributed by atoms with Crippen LogP contribution in [-0.2, 0) is 10.0 Å². The standard InChI is InChI=1S/C6H14N2O3S/c1-3-4-5-12(10,11)8-6(9)7-2/h3-5H2,1-2H3,(H2,7,8,9). The Kier molecular flexibility index (Phi) is 4.65. The summed E-state index contributed by atoms with van der Waals surface area (Å²) in [6, 6.07) is -0.689. The van der Waals surface area contributed by atoms with E-state index in [1.807, 2.05) is 11.6 Å². The van der Waals surface area contributed by atoms with E-state index >= 15 is 0 Å². The number of carbonyl (C=O) groups excluding carboxylic acids is 1. The average molecular weight is 194 g/mol. The van der Waals surface area contributed by atoms with Crippen LogP contribution in [0, 0.1) is 0 Å². The number of urea groups is 1. The Morgan fingerprint density at radius 2 is 2.00 bits per heavy atom. The number of hydrogen-bond acceptors (Lipinski definition) is 3. The lowest BCUT2D eigenvalue weighted by atomic mass is 10.4. The van der Waals surface area contributed by atoms with Crippen molar-refractivity contribution in [2.75, 3.05) is 12.8 Å². The minimum atomic E-state index is -3.42. The third-order valence-electron chi connectivity index (χ3n) is 1.24.